The highest BCUT2D eigenvalue weighted by Gasteiger charge is 2.31. The molecular formula is C50H60O8Si2. The lowest BCUT2D eigenvalue weighted by atomic mass is 9.78. The van der Waals surface area contributed by atoms with E-state index in [0.29, 0.717) is 0 Å². The van der Waals surface area contributed by atoms with Crippen LogP contribution >= 0.6 is 0 Å². The quantitative estimate of drug-likeness (QED) is 0.0892. The van der Waals surface area contributed by atoms with Crippen LogP contribution in [-0.4, -0.2) is 45.6 Å². The first-order valence-corrected chi connectivity index (χ1v) is 25.6. The fourth-order valence-electron chi connectivity index (χ4n) is 6.73. The minimum Gasteiger partial charge on any atom is -0.512 e. The zero-order chi connectivity index (χ0) is 43.6. The normalized spacial score (nSPS) is 11.7. The molecule has 0 aliphatic heterocycles. The van der Waals surface area contributed by atoms with E-state index in [1.807, 2.05) is 110 Å². The van der Waals surface area contributed by atoms with Gasteiger partial charge in [-0.05, 0) is 95.1 Å². The number of methoxy groups -OCH3 is 4. The van der Waals surface area contributed by atoms with Gasteiger partial charge in [-0.3, -0.25) is 0 Å². The second-order valence-corrected chi connectivity index (χ2v) is 22.7. The Balaban J connectivity index is 0.000000274. The van der Waals surface area contributed by atoms with Crippen LogP contribution in [0.5, 0.6) is 46.0 Å². The predicted octanol–water partition coefficient (Wildman–Crippen LogP) is 12.4. The molecule has 316 valence electrons. The monoisotopic (exact) mass is 844 g/mol. The van der Waals surface area contributed by atoms with Crippen molar-refractivity contribution in [3.63, 3.8) is 0 Å². The Hall–Kier alpha value is -5.85. The predicted molar refractivity (Wildman–Crippen MR) is 247 cm³/mol. The summed E-state index contributed by atoms with van der Waals surface area (Å²) in [5.41, 5.74) is 4.61. The molecular weight excluding hydrogens is 785 g/mol. The highest BCUT2D eigenvalue weighted by molar-refractivity contribution is 6.66. The zero-order valence-electron chi connectivity index (χ0n) is 37.1. The fourth-order valence-corrected chi connectivity index (χ4v) is 9.61. The van der Waals surface area contributed by atoms with E-state index >= 15 is 0 Å². The van der Waals surface area contributed by atoms with Crippen LogP contribution in [0.2, 0.25) is 26.2 Å². The molecule has 0 spiro atoms. The number of ether oxygens (including phenoxy) is 4. The molecule has 0 atom stereocenters. The number of rotatable bonds is 16. The molecule has 0 heterocycles. The summed E-state index contributed by atoms with van der Waals surface area (Å²) in [7, 11) is 1.79. The Morgan fingerprint density at radius 2 is 0.533 bits per heavy atom. The molecule has 0 bridgehead atoms. The molecule has 0 saturated heterocycles. The Morgan fingerprint density at radius 1 is 0.300 bits per heavy atom. The summed E-state index contributed by atoms with van der Waals surface area (Å²) in [5.74, 6) is 6.37. The van der Waals surface area contributed by atoms with Crippen LogP contribution in [0.3, 0.4) is 0 Å². The van der Waals surface area contributed by atoms with E-state index in [1.165, 1.54) is 22.3 Å². The van der Waals surface area contributed by atoms with Gasteiger partial charge in [0.15, 0.2) is 0 Å². The van der Waals surface area contributed by atoms with E-state index in [4.69, 9.17) is 36.7 Å². The zero-order valence-corrected chi connectivity index (χ0v) is 39.1. The van der Waals surface area contributed by atoms with Crippen LogP contribution < -0.4 is 36.7 Å². The molecule has 0 saturated carbocycles. The number of benzene rings is 6. The van der Waals surface area contributed by atoms with Crippen LogP contribution in [0.4, 0.5) is 0 Å². The molecule has 0 unspecified atom stereocenters. The third-order valence-electron chi connectivity index (χ3n) is 10.3. The lowest BCUT2D eigenvalue weighted by molar-refractivity contribution is 0.385. The first-order chi connectivity index (χ1) is 28.5. The summed E-state index contributed by atoms with van der Waals surface area (Å²) in [6, 6.07) is 48.3. The van der Waals surface area contributed by atoms with Crippen molar-refractivity contribution in [3.8, 4) is 46.0 Å². The van der Waals surface area contributed by atoms with Crippen molar-refractivity contribution < 1.29 is 36.7 Å². The van der Waals surface area contributed by atoms with E-state index in [9.17, 15) is 0 Å². The number of hydrogen-bond acceptors (Lipinski definition) is 8. The van der Waals surface area contributed by atoms with Crippen molar-refractivity contribution in [3.05, 3.63) is 168 Å². The molecule has 0 aliphatic carbocycles. The third-order valence-corrected chi connectivity index (χ3v) is 13.2. The van der Waals surface area contributed by atoms with Gasteiger partial charge in [0.2, 0.25) is 0 Å². The molecule has 0 aromatic heterocycles. The van der Waals surface area contributed by atoms with Gasteiger partial charge in [0.1, 0.15) is 46.0 Å². The van der Waals surface area contributed by atoms with Gasteiger partial charge >= 0.3 is 17.1 Å². The molecule has 6 aromatic carbocycles. The van der Waals surface area contributed by atoms with Gasteiger partial charge in [-0.25, -0.2) is 0 Å². The van der Waals surface area contributed by atoms with Crippen LogP contribution in [0.1, 0.15) is 49.9 Å². The van der Waals surface area contributed by atoms with E-state index in [-0.39, 0.29) is 10.8 Å². The summed E-state index contributed by atoms with van der Waals surface area (Å²) in [5, 5.41) is 0. The molecule has 10 heteroatoms. The number of hydrogen-bond donors (Lipinski definition) is 0. The maximum Gasteiger partial charge on any atom is 0.454 e. The summed E-state index contributed by atoms with van der Waals surface area (Å²) in [6.45, 7) is 17.0. The minimum atomic E-state index is -2.49. The highest BCUT2D eigenvalue weighted by Crippen LogP contribution is 2.36. The van der Waals surface area contributed by atoms with E-state index in [0.717, 1.165) is 46.0 Å². The van der Waals surface area contributed by atoms with Crippen LogP contribution in [-0.2, 0) is 10.8 Å². The van der Waals surface area contributed by atoms with Crippen molar-refractivity contribution in [1.29, 1.82) is 0 Å². The topological polar surface area (TPSA) is 73.8 Å². The van der Waals surface area contributed by atoms with Crippen LogP contribution in [0.15, 0.2) is 146 Å². The van der Waals surface area contributed by atoms with Crippen molar-refractivity contribution in [2.45, 2.75) is 64.7 Å². The van der Waals surface area contributed by atoms with Crippen molar-refractivity contribution >= 4 is 17.1 Å². The van der Waals surface area contributed by atoms with Gasteiger partial charge in [-0.2, -0.15) is 0 Å². The Morgan fingerprint density at radius 3 is 0.800 bits per heavy atom. The second-order valence-electron chi connectivity index (χ2n) is 16.3. The average molecular weight is 845 g/mol. The van der Waals surface area contributed by atoms with Gasteiger partial charge in [0, 0.05) is 49.2 Å². The minimum absolute atomic E-state index is 0.143. The van der Waals surface area contributed by atoms with Crippen LogP contribution in [0, 0.1) is 0 Å². The third kappa shape index (κ3) is 12.1. The van der Waals surface area contributed by atoms with E-state index in [2.05, 4.69) is 89.3 Å². The second kappa shape index (κ2) is 19.5. The Kier molecular flexibility index (Phi) is 14.7. The molecule has 0 N–H and O–H groups in total. The van der Waals surface area contributed by atoms with Gasteiger partial charge in [-0.15, -0.1) is 0 Å². The fraction of sp³-hybridized carbons (Fsp3) is 0.280. The van der Waals surface area contributed by atoms with E-state index < -0.39 is 17.1 Å². The maximum atomic E-state index is 6.39. The lowest BCUT2D eigenvalue weighted by Crippen LogP contribution is -2.41. The first kappa shape index (κ1) is 45.2. The molecule has 6 rings (SSSR count). The largest absolute Gasteiger partial charge is 0.512 e. The molecule has 0 aliphatic rings. The summed E-state index contributed by atoms with van der Waals surface area (Å²) in [4.78, 5) is 0. The lowest BCUT2D eigenvalue weighted by Gasteiger charge is -2.29. The Labute approximate surface area is 359 Å². The van der Waals surface area contributed by atoms with Crippen molar-refractivity contribution in [1.82, 2.24) is 0 Å². The smallest absolute Gasteiger partial charge is 0.454 e. The first-order valence-electron chi connectivity index (χ1n) is 20.0. The highest BCUT2D eigenvalue weighted by atomic mass is 28.4. The van der Waals surface area contributed by atoms with Gasteiger partial charge in [0.05, 0.1) is 28.4 Å². The molecule has 6 aromatic rings. The molecule has 0 amide bonds. The molecule has 8 nitrogen and oxygen atoms in total. The van der Waals surface area contributed by atoms with Crippen molar-refractivity contribution in [2.24, 2.45) is 0 Å². The van der Waals surface area contributed by atoms with Gasteiger partial charge in [0.25, 0.3) is 0 Å². The SMILES string of the molecule is COc1ccc(C(C)(C)c2ccc(O[Si](C)(C)Oc3ccc(C(C)(C)c4ccc(OC)cc4)cc3)cc2)cc1.COc1cccc(O[Si](C)(C)Oc2cccc(OC)c2)c1. The van der Waals surface area contributed by atoms with Crippen LogP contribution in [0.25, 0.3) is 0 Å². The standard InChI is InChI=1S/C34H40O4Si.C16H20O4Si/c1-33(2,25-9-17-29(35-5)18-10-25)27-13-21-31(22-14-27)37-39(7,8)38-32-23-15-28(16-24-32)34(3,4)26-11-19-30(36-6)20-12-26;1-17-13-7-5-9-15(11-13)19-21(3,4)20-16-10-6-8-14(12-16)18-2/h9-24H,1-8H3;5-12H,1-4H3. The molecule has 0 fully saturated rings. The summed E-state index contributed by atoms with van der Waals surface area (Å²) < 4.78 is 45.8. The van der Waals surface area contributed by atoms with Crippen molar-refractivity contribution in [2.75, 3.05) is 28.4 Å². The van der Waals surface area contributed by atoms with Gasteiger partial charge < -0.3 is 36.7 Å². The van der Waals surface area contributed by atoms with E-state index in [1.54, 1.807) is 28.4 Å². The summed E-state index contributed by atoms with van der Waals surface area (Å²) >= 11 is 0. The molecule has 0 radical (unpaired) electrons. The van der Waals surface area contributed by atoms with Gasteiger partial charge in [-0.1, -0.05) is 88.4 Å². The maximum absolute atomic E-state index is 6.39. The molecule has 60 heavy (non-hydrogen) atoms. The Bertz CT molecular complexity index is 2090. The average Bonchev–Trinajstić information content (AvgIpc) is 3.23. The summed E-state index contributed by atoms with van der Waals surface area (Å²) in [6.07, 6.45) is 0.